The molecule has 18 heavy (non-hydrogen) atoms. The van der Waals surface area contributed by atoms with Crippen LogP contribution in [0, 0.1) is 5.92 Å². The zero-order valence-electron chi connectivity index (χ0n) is 13.3. The van der Waals surface area contributed by atoms with Crippen molar-refractivity contribution in [2.24, 2.45) is 5.92 Å². The first-order chi connectivity index (χ1) is 8.62. The fourth-order valence-corrected chi connectivity index (χ4v) is 3.20. The van der Waals surface area contributed by atoms with Crippen molar-refractivity contribution in [2.45, 2.75) is 78.3 Å². The number of nitrogens with zero attached hydrogens (tertiary/aromatic N) is 1. The first-order valence-corrected chi connectivity index (χ1v) is 8.10. The average molecular weight is 254 g/mol. The highest BCUT2D eigenvalue weighted by atomic mass is 15.2. The molecule has 0 radical (unpaired) electrons. The highest BCUT2D eigenvalue weighted by molar-refractivity contribution is 4.98. The Labute approximate surface area is 115 Å². The van der Waals surface area contributed by atoms with Gasteiger partial charge < -0.3 is 5.32 Å². The number of hydrogen-bond donors (Lipinski definition) is 1. The van der Waals surface area contributed by atoms with Gasteiger partial charge in [0.25, 0.3) is 0 Å². The summed E-state index contributed by atoms with van der Waals surface area (Å²) in [5, 5.41) is 3.84. The molecule has 0 amide bonds. The van der Waals surface area contributed by atoms with Gasteiger partial charge in [0, 0.05) is 11.6 Å². The normalized spacial score (nSPS) is 21.0. The predicted octanol–water partition coefficient (Wildman–Crippen LogP) is 3.67. The first-order valence-electron chi connectivity index (χ1n) is 8.10. The average Bonchev–Trinajstić information content (AvgIpc) is 3.19. The van der Waals surface area contributed by atoms with Crippen LogP contribution in [0.15, 0.2) is 0 Å². The Morgan fingerprint density at radius 1 is 1.17 bits per heavy atom. The van der Waals surface area contributed by atoms with Gasteiger partial charge in [-0.3, -0.25) is 4.90 Å². The van der Waals surface area contributed by atoms with E-state index in [0.29, 0.717) is 11.6 Å². The molecule has 2 unspecified atom stereocenters. The summed E-state index contributed by atoms with van der Waals surface area (Å²) in [6, 6.07) is 0.662. The third kappa shape index (κ3) is 3.96. The van der Waals surface area contributed by atoms with Gasteiger partial charge >= 0.3 is 0 Å². The fourth-order valence-electron chi connectivity index (χ4n) is 3.20. The van der Waals surface area contributed by atoms with Crippen LogP contribution in [0.2, 0.25) is 0 Å². The molecular formula is C16H34N2. The molecule has 108 valence electrons. The summed E-state index contributed by atoms with van der Waals surface area (Å²) in [5.74, 6) is 1.00. The minimum atomic E-state index is 0.321. The lowest BCUT2D eigenvalue weighted by Crippen LogP contribution is -2.59. The van der Waals surface area contributed by atoms with Gasteiger partial charge in [-0.25, -0.2) is 0 Å². The molecule has 0 heterocycles. The molecule has 1 saturated carbocycles. The predicted molar refractivity (Wildman–Crippen MR) is 81.0 cm³/mol. The molecule has 0 bridgehead atoms. The van der Waals surface area contributed by atoms with Crippen molar-refractivity contribution in [3.05, 3.63) is 0 Å². The minimum absolute atomic E-state index is 0.321. The van der Waals surface area contributed by atoms with Crippen LogP contribution in [0.4, 0.5) is 0 Å². The maximum absolute atomic E-state index is 3.84. The zero-order chi connectivity index (χ0) is 13.6. The molecule has 0 aliphatic heterocycles. The maximum atomic E-state index is 3.84. The van der Waals surface area contributed by atoms with E-state index in [9.17, 15) is 0 Å². The second kappa shape index (κ2) is 7.49. The quantitative estimate of drug-likeness (QED) is 0.640. The Balaban J connectivity index is 2.74. The van der Waals surface area contributed by atoms with Crippen LogP contribution in [-0.2, 0) is 0 Å². The van der Waals surface area contributed by atoms with E-state index in [2.05, 4.69) is 44.8 Å². The summed E-state index contributed by atoms with van der Waals surface area (Å²) >= 11 is 0. The van der Waals surface area contributed by atoms with Gasteiger partial charge in [0.15, 0.2) is 0 Å². The second-order valence-electron chi connectivity index (χ2n) is 6.07. The highest BCUT2D eigenvalue weighted by Gasteiger charge is 2.39. The van der Waals surface area contributed by atoms with E-state index in [1.807, 2.05) is 0 Å². The van der Waals surface area contributed by atoms with Crippen molar-refractivity contribution in [1.29, 1.82) is 0 Å². The molecule has 2 nitrogen and oxygen atoms in total. The van der Waals surface area contributed by atoms with Crippen molar-refractivity contribution in [3.8, 4) is 0 Å². The largest absolute Gasteiger partial charge is 0.312 e. The second-order valence-corrected chi connectivity index (χ2v) is 6.07. The van der Waals surface area contributed by atoms with Crippen LogP contribution < -0.4 is 5.32 Å². The van der Waals surface area contributed by atoms with Gasteiger partial charge in [0.2, 0.25) is 0 Å². The van der Waals surface area contributed by atoms with E-state index < -0.39 is 0 Å². The summed E-state index contributed by atoms with van der Waals surface area (Å²) in [6.45, 7) is 15.2. The van der Waals surface area contributed by atoms with Crippen molar-refractivity contribution < 1.29 is 0 Å². The summed E-state index contributed by atoms with van der Waals surface area (Å²) in [5.41, 5.74) is 0.321. The summed E-state index contributed by atoms with van der Waals surface area (Å²) in [4.78, 5) is 2.66. The van der Waals surface area contributed by atoms with Crippen molar-refractivity contribution in [3.63, 3.8) is 0 Å². The monoisotopic (exact) mass is 254 g/mol. The third-order valence-corrected chi connectivity index (χ3v) is 4.86. The van der Waals surface area contributed by atoms with Gasteiger partial charge in [0.05, 0.1) is 0 Å². The van der Waals surface area contributed by atoms with E-state index in [0.717, 1.165) is 25.6 Å². The van der Waals surface area contributed by atoms with Crippen molar-refractivity contribution in [1.82, 2.24) is 10.2 Å². The summed E-state index contributed by atoms with van der Waals surface area (Å²) in [6.07, 6.45) is 6.77. The molecule has 1 aliphatic carbocycles. The smallest absolute Gasteiger partial charge is 0.0331 e. The van der Waals surface area contributed by atoms with Crippen LogP contribution in [0.3, 0.4) is 0 Å². The van der Waals surface area contributed by atoms with Gasteiger partial charge in [-0.1, -0.05) is 40.5 Å². The molecule has 1 fully saturated rings. The lowest BCUT2D eigenvalue weighted by Gasteiger charge is -2.46. The van der Waals surface area contributed by atoms with E-state index >= 15 is 0 Å². The van der Waals surface area contributed by atoms with Gasteiger partial charge in [0.1, 0.15) is 0 Å². The molecular weight excluding hydrogens is 220 g/mol. The first kappa shape index (κ1) is 16.0. The Morgan fingerprint density at radius 2 is 1.78 bits per heavy atom. The van der Waals surface area contributed by atoms with Crippen molar-refractivity contribution >= 4 is 0 Å². The lowest BCUT2D eigenvalue weighted by atomic mass is 9.83. The van der Waals surface area contributed by atoms with Crippen LogP contribution >= 0.6 is 0 Å². The minimum Gasteiger partial charge on any atom is -0.312 e. The van der Waals surface area contributed by atoms with Crippen LogP contribution in [0.1, 0.15) is 66.7 Å². The van der Waals surface area contributed by atoms with Crippen LogP contribution in [-0.4, -0.2) is 36.1 Å². The van der Waals surface area contributed by atoms with Crippen LogP contribution in [0.25, 0.3) is 0 Å². The number of likely N-dealkylation sites (N-methyl/N-ethyl adjacent to an activating group) is 1. The Bertz CT molecular complexity index is 221. The molecule has 0 spiro atoms. The standard InChI is InChI=1S/C16H34N2/c1-6-12-17-15(13-14-10-11-14)16(5,7-2)18(8-3)9-4/h14-15,17H,6-13H2,1-5H3. The summed E-state index contributed by atoms with van der Waals surface area (Å²) in [7, 11) is 0. The Morgan fingerprint density at radius 3 is 2.17 bits per heavy atom. The molecule has 0 aromatic heterocycles. The third-order valence-electron chi connectivity index (χ3n) is 4.86. The molecule has 2 atom stereocenters. The van der Waals surface area contributed by atoms with E-state index in [1.54, 1.807) is 0 Å². The summed E-state index contributed by atoms with van der Waals surface area (Å²) < 4.78 is 0. The molecule has 0 aromatic carbocycles. The van der Waals surface area contributed by atoms with Gasteiger partial charge in [-0.15, -0.1) is 0 Å². The Kier molecular flexibility index (Phi) is 6.65. The zero-order valence-corrected chi connectivity index (χ0v) is 13.3. The maximum Gasteiger partial charge on any atom is 0.0331 e. The number of rotatable bonds is 10. The number of nitrogens with one attached hydrogen (secondary N) is 1. The van der Waals surface area contributed by atoms with Gasteiger partial charge in [-0.05, 0) is 51.7 Å². The number of hydrogen-bond acceptors (Lipinski definition) is 2. The van der Waals surface area contributed by atoms with E-state index in [1.165, 1.54) is 32.1 Å². The molecule has 0 aromatic rings. The molecule has 2 heteroatoms. The fraction of sp³-hybridized carbons (Fsp3) is 1.00. The lowest BCUT2D eigenvalue weighted by molar-refractivity contribution is 0.0645. The highest BCUT2D eigenvalue weighted by Crippen LogP contribution is 2.37. The SMILES string of the molecule is CCCNC(CC1CC1)C(C)(CC)N(CC)CC. The molecule has 1 N–H and O–H groups in total. The van der Waals surface area contributed by atoms with E-state index in [4.69, 9.17) is 0 Å². The molecule has 1 aliphatic rings. The van der Waals surface area contributed by atoms with Gasteiger partial charge in [-0.2, -0.15) is 0 Å². The Hall–Kier alpha value is -0.0800. The topological polar surface area (TPSA) is 15.3 Å². The van der Waals surface area contributed by atoms with Crippen LogP contribution in [0.5, 0.6) is 0 Å². The molecule has 0 saturated heterocycles. The van der Waals surface area contributed by atoms with Crippen molar-refractivity contribution in [2.75, 3.05) is 19.6 Å². The van der Waals surface area contributed by atoms with E-state index in [-0.39, 0.29) is 0 Å². The molecule has 1 rings (SSSR count).